The van der Waals surface area contributed by atoms with Crippen LogP contribution in [0.1, 0.15) is 21.5 Å². The van der Waals surface area contributed by atoms with Gasteiger partial charge in [0.25, 0.3) is 11.1 Å². The summed E-state index contributed by atoms with van der Waals surface area (Å²) in [5.41, 5.74) is 4.31. The highest BCUT2D eigenvalue weighted by Gasteiger charge is 2.26. The maximum atomic E-state index is 13.7. The minimum absolute atomic E-state index is 0.227. The van der Waals surface area contributed by atoms with E-state index in [9.17, 15) is 9.18 Å². The molecule has 3 aromatic heterocycles. The Labute approximate surface area is 237 Å². The number of hydrogen-bond donors (Lipinski definition) is 0. The number of fused-ring (bicyclic) bond motifs is 3. The van der Waals surface area contributed by atoms with Crippen LogP contribution in [-0.2, 0) is 13.0 Å². The lowest BCUT2D eigenvalue weighted by molar-refractivity contribution is 0.0989. The summed E-state index contributed by atoms with van der Waals surface area (Å²) in [6, 6.07) is 17.2. The van der Waals surface area contributed by atoms with Gasteiger partial charge >= 0.3 is 0 Å². The number of imidazole rings is 1. The van der Waals surface area contributed by atoms with Gasteiger partial charge in [-0.05, 0) is 59.2 Å². The van der Waals surface area contributed by atoms with Crippen molar-refractivity contribution < 1.29 is 27.8 Å². The number of hydrogen-bond acceptors (Lipinski definition) is 8. The first-order valence-electron chi connectivity index (χ1n) is 12.8. The van der Waals surface area contributed by atoms with Crippen molar-refractivity contribution in [3.8, 4) is 28.1 Å². The van der Waals surface area contributed by atoms with Crippen molar-refractivity contribution in [2.75, 3.05) is 25.7 Å². The monoisotopic (exact) mass is 570 g/mol. The second-order valence-corrected chi connectivity index (χ2v) is 10.5. The van der Waals surface area contributed by atoms with Gasteiger partial charge in [-0.3, -0.25) is 4.79 Å². The molecule has 1 aliphatic rings. The molecule has 6 aromatic rings. The van der Waals surface area contributed by atoms with Crippen molar-refractivity contribution >= 4 is 38.9 Å². The van der Waals surface area contributed by atoms with Gasteiger partial charge in [-0.25, -0.2) is 13.9 Å². The first-order valence-corrected chi connectivity index (χ1v) is 13.6. The molecule has 41 heavy (non-hydrogen) atoms. The van der Waals surface area contributed by atoms with E-state index in [4.69, 9.17) is 18.6 Å². The van der Waals surface area contributed by atoms with Crippen LogP contribution in [-0.4, -0.2) is 41.3 Å². The predicted molar refractivity (Wildman–Crippen MR) is 152 cm³/mol. The highest BCUT2D eigenvalue weighted by Crippen LogP contribution is 2.38. The van der Waals surface area contributed by atoms with Crippen LogP contribution in [0.5, 0.6) is 16.7 Å². The van der Waals surface area contributed by atoms with E-state index in [1.807, 2.05) is 30.3 Å². The number of anilines is 1. The topological polar surface area (TPSA) is 91.3 Å². The van der Waals surface area contributed by atoms with Crippen molar-refractivity contribution in [3.63, 3.8) is 0 Å². The summed E-state index contributed by atoms with van der Waals surface area (Å²) in [5.74, 6) is 1.08. The Hall–Kier alpha value is -4.90. The normalized spacial score (nSPS) is 12.7. The summed E-state index contributed by atoms with van der Waals surface area (Å²) in [7, 11) is 3.15. The Morgan fingerprint density at radius 2 is 2.00 bits per heavy atom. The maximum absolute atomic E-state index is 13.7. The van der Waals surface area contributed by atoms with E-state index < -0.39 is 5.82 Å². The molecule has 7 rings (SSSR count). The summed E-state index contributed by atoms with van der Waals surface area (Å²) in [5, 5.41) is 5.62. The number of carbonyl (C=O) groups excluding carboxylic acids is 1. The molecule has 206 valence electrons. The van der Waals surface area contributed by atoms with Crippen molar-refractivity contribution in [1.82, 2.24) is 14.6 Å². The fourth-order valence-electron chi connectivity index (χ4n) is 4.99. The van der Waals surface area contributed by atoms with Gasteiger partial charge in [-0.15, -0.1) is 5.10 Å². The van der Waals surface area contributed by atoms with Crippen LogP contribution in [0.4, 0.5) is 10.1 Å². The summed E-state index contributed by atoms with van der Waals surface area (Å²) >= 11 is 1.34. The number of halogens is 1. The van der Waals surface area contributed by atoms with Crippen molar-refractivity contribution in [2.45, 2.75) is 13.0 Å². The molecule has 0 N–H and O–H groups in total. The van der Waals surface area contributed by atoms with Gasteiger partial charge < -0.3 is 23.5 Å². The molecular formula is C30H23FN4O5S. The summed E-state index contributed by atoms with van der Waals surface area (Å²) in [6.45, 7) is 0.791. The standard InChI is InChI=1S/C30H23FN4O5S/c1-37-21-12-25(22-14-27(40-26(22)13-21)23-15-35-29(32-23)41-30(33-35)38-2)39-16-17-6-7-18-8-9-34(24(18)10-17)28(36)19-4-3-5-20(31)11-19/h3-7,10-15H,8-9,16H2,1-2H3. The van der Waals surface area contributed by atoms with Gasteiger partial charge in [0.05, 0.1) is 25.8 Å². The minimum Gasteiger partial charge on any atom is -0.496 e. The Balaban J connectivity index is 1.16. The van der Waals surface area contributed by atoms with E-state index in [1.165, 1.54) is 23.5 Å². The highest BCUT2D eigenvalue weighted by atomic mass is 32.1. The van der Waals surface area contributed by atoms with Crippen molar-refractivity contribution in [3.05, 3.63) is 89.4 Å². The molecule has 0 saturated carbocycles. The largest absolute Gasteiger partial charge is 0.496 e. The molecule has 0 bridgehead atoms. The zero-order valence-corrected chi connectivity index (χ0v) is 22.9. The van der Waals surface area contributed by atoms with Gasteiger partial charge in [0, 0.05) is 29.9 Å². The SMILES string of the molecule is COc1cc(OCc2ccc3c(c2)N(C(=O)c2cccc(F)c2)CC3)c2cc(-c3cn4nc(OC)sc4n3)oc2c1. The molecule has 11 heteroatoms. The molecule has 1 aliphatic heterocycles. The first kappa shape index (κ1) is 25.1. The van der Waals surface area contributed by atoms with E-state index in [-0.39, 0.29) is 12.5 Å². The number of rotatable bonds is 7. The van der Waals surface area contributed by atoms with Gasteiger partial charge in [-0.1, -0.05) is 18.2 Å². The molecule has 9 nitrogen and oxygen atoms in total. The number of benzene rings is 3. The number of carbonyl (C=O) groups is 1. The second kappa shape index (κ2) is 9.93. The number of ether oxygens (including phenoxy) is 3. The fourth-order valence-corrected chi connectivity index (χ4v) is 5.69. The average molecular weight is 571 g/mol. The molecule has 0 aliphatic carbocycles. The number of nitrogens with zero attached hydrogens (tertiary/aromatic N) is 4. The molecule has 0 spiro atoms. The van der Waals surface area contributed by atoms with Gasteiger partial charge in [0.15, 0.2) is 5.76 Å². The summed E-state index contributed by atoms with van der Waals surface area (Å²) < 4.78 is 38.5. The average Bonchev–Trinajstić information content (AvgIpc) is 3.76. The van der Waals surface area contributed by atoms with Crippen molar-refractivity contribution in [2.24, 2.45) is 0 Å². The maximum Gasteiger partial charge on any atom is 0.294 e. The molecule has 4 heterocycles. The molecule has 3 aromatic carbocycles. The molecular weight excluding hydrogens is 547 g/mol. The van der Waals surface area contributed by atoms with E-state index in [2.05, 4.69) is 10.1 Å². The van der Waals surface area contributed by atoms with E-state index in [0.29, 0.717) is 50.8 Å². The molecule has 1 amide bonds. The van der Waals surface area contributed by atoms with Crippen LogP contribution < -0.4 is 19.1 Å². The lowest BCUT2D eigenvalue weighted by Crippen LogP contribution is -2.29. The van der Waals surface area contributed by atoms with Crippen LogP contribution in [0.25, 0.3) is 27.4 Å². The predicted octanol–water partition coefficient (Wildman–Crippen LogP) is 6.14. The number of methoxy groups -OCH3 is 2. The van der Waals surface area contributed by atoms with Gasteiger partial charge in [0.2, 0.25) is 4.96 Å². The zero-order valence-electron chi connectivity index (χ0n) is 22.1. The van der Waals surface area contributed by atoms with E-state index in [0.717, 1.165) is 28.6 Å². The number of furan rings is 1. The first-order chi connectivity index (χ1) is 20.0. The highest BCUT2D eigenvalue weighted by molar-refractivity contribution is 7.18. The van der Waals surface area contributed by atoms with E-state index >= 15 is 0 Å². The molecule has 0 radical (unpaired) electrons. The Kier molecular flexibility index (Phi) is 6.08. The summed E-state index contributed by atoms with van der Waals surface area (Å²) in [4.78, 5) is 20.1. The second-order valence-electron chi connectivity index (χ2n) is 9.54. The molecule has 0 unspecified atom stereocenters. The minimum atomic E-state index is -0.436. The van der Waals surface area contributed by atoms with Crippen LogP contribution in [0.15, 0.2) is 71.3 Å². The Morgan fingerprint density at radius 1 is 1.10 bits per heavy atom. The van der Waals surface area contributed by atoms with Crippen LogP contribution in [0.3, 0.4) is 0 Å². The van der Waals surface area contributed by atoms with Gasteiger partial charge in [0.1, 0.15) is 35.2 Å². The third kappa shape index (κ3) is 4.53. The molecule has 0 fully saturated rings. The molecule has 0 atom stereocenters. The number of aromatic nitrogens is 3. The lowest BCUT2D eigenvalue weighted by atomic mass is 10.1. The quantitative estimate of drug-likeness (QED) is 0.228. The van der Waals surface area contributed by atoms with Crippen LogP contribution in [0, 0.1) is 5.82 Å². The lowest BCUT2D eigenvalue weighted by Gasteiger charge is -2.18. The van der Waals surface area contributed by atoms with Crippen LogP contribution in [0.2, 0.25) is 0 Å². The zero-order chi connectivity index (χ0) is 28.1. The number of amides is 1. The van der Waals surface area contributed by atoms with Crippen LogP contribution >= 0.6 is 11.3 Å². The van der Waals surface area contributed by atoms with E-state index in [1.54, 1.807) is 48.0 Å². The summed E-state index contributed by atoms with van der Waals surface area (Å²) in [6.07, 6.45) is 2.52. The molecule has 0 saturated heterocycles. The third-order valence-corrected chi connectivity index (χ3v) is 7.90. The van der Waals surface area contributed by atoms with Crippen molar-refractivity contribution in [1.29, 1.82) is 0 Å². The fraction of sp³-hybridized carbons (Fsp3) is 0.167. The Bertz CT molecular complexity index is 1910. The smallest absolute Gasteiger partial charge is 0.294 e. The van der Waals surface area contributed by atoms with Gasteiger partial charge in [-0.2, -0.15) is 0 Å². The third-order valence-electron chi connectivity index (χ3n) is 7.02. The Morgan fingerprint density at radius 3 is 2.80 bits per heavy atom.